The number of hydrogen-bond donors (Lipinski definition) is 1. The number of halogens is 2. The number of nitrogens with one attached hydrogen (secondary N) is 1. The van der Waals surface area contributed by atoms with Crippen LogP contribution in [0, 0.1) is 34.3 Å². The number of nitrogens with zero attached hydrogens (tertiary/aromatic N) is 1. The van der Waals surface area contributed by atoms with Crippen molar-refractivity contribution in [2.45, 2.75) is 25.3 Å². The minimum absolute atomic E-state index is 0.239. The third kappa shape index (κ3) is 1.36. The maximum absolute atomic E-state index is 13.7. The van der Waals surface area contributed by atoms with Gasteiger partial charge in [-0.1, -0.05) is 0 Å². The van der Waals surface area contributed by atoms with E-state index in [9.17, 15) is 4.39 Å². The SMILES string of the molecule is Fc1cc2[nH]c(=S)n(C3C4C5CCC(C5)C43)c2cc1Br. The molecule has 20 heavy (non-hydrogen) atoms. The lowest BCUT2D eigenvalue weighted by molar-refractivity contribution is 0.456. The van der Waals surface area contributed by atoms with Gasteiger partial charge in [0.05, 0.1) is 15.5 Å². The van der Waals surface area contributed by atoms with Crippen molar-refractivity contribution in [2.75, 3.05) is 0 Å². The minimum atomic E-state index is -0.239. The first-order chi connectivity index (χ1) is 9.65. The summed E-state index contributed by atoms with van der Waals surface area (Å²) >= 11 is 8.79. The summed E-state index contributed by atoms with van der Waals surface area (Å²) in [5.41, 5.74) is 1.86. The van der Waals surface area contributed by atoms with E-state index in [2.05, 4.69) is 25.5 Å². The zero-order chi connectivity index (χ0) is 13.6. The fourth-order valence-corrected chi connectivity index (χ4v) is 5.70. The van der Waals surface area contributed by atoms with E-state index in [4.69, 9.17) is 12.2 Å². The van der Waals surface area contributed by atoms with Gasteiger partial charge in [-0.2, -0.15) is 0 Å². The number of imidazole rings is 1. The highest BCUT2D eigenvalue weighted by atomic mass is 79.9. The molecule has 104 valence electrons. The number of aromatic nitrogens is 2. The molecule has 0 radical (unpaired) electrons. The van der Waals surface area contributed by atoms with Crippen LogP contribution in [0.3, 0.4) is 0 Å². The Labute approximate surface area is 129 Å². The highest BCUT2D eigenvalue weighted by molar-refractivity contribution is 9.10. The second kappa shape index (κ2) is 3.74. The van der Waals surface area contributed by atoms with E-state index in [1.165, 1.54) is 19.3 Å². The molecule has 1 N–H and O–H groups in total. The van der Waals surface area contributed by atoms with Crippen molar-refractivity contribution >= 4 is 39.2 Å². The Hall–Kier alpha value is -0.680. The molecule has 3 fully saturated rings. The fourth-order valence-electron chi connectivity index (χ4n) is 5.04. The number of benzene rings is 1. The molecule has 3 aliphatic rings. The van der Waals surface area contributed by atoms with Gasteiger partial charge >= 0.3 is 0 Å². The highest BCUT2D eigenvalue weighted by Crippen LogP contribution is 2.71. The normalized spacial score (nSPS) is 37.6. The number of hydrogen-bond acceptors (Lipinski definition) is 1. The van der Waals surface area contributed by atoms with Gasteiger partial charge in [0.1, 0.15) is 5.82 Å². The quantitative estimate of drug-likeness (QED) is 0.729. The summed E-state index contributed by atoms with van der Waals surface area (Å²) in [5, 5.41) is 0. The number of fused-ring (bicyclic) bond motifs is 6. The Kier molecular flexibility index (Phi) is 2.23. The Bertz CT molecular complexity index is 779. The summed E-state index contributed by atoms with van der Waals surface area (Å²) in [4.78, 5) is 3.17. The van der Waals surface area contributed by atoms with E-state index >= 15 is 0 Å². The Morgan fingerprint density at radius 1 is 1.25 bits per heavy atom. The Morgan fingerprint density at radius 2 is 1.95 bits per heavy atom. The van der Waals surface area contributed by atoms with Crippen LogP contribution >= 0.6 is 28.1 Å². The van der Waals surface area contributed by atoms with Gasteiger partial charge in [-0.15, -0.1) is 0 Å². The lowest BCUT2D eigenvalue weighted by Gasteiger charge is -2.11. The number of rotatable bonds is 1. The molecular weight excluding hydrogens is 339 g/mol. The average Bonchev–Trinajstić information content (AvgIpc) is 2.73. The Morgan fingerprint density at radius 3 is 2.65 bits per heavy atom. The van der Waals surface area contributed by atoms with E-state index < -0.39 is 0 Å². The molecule has 5 heteroatoms. The van der Waals surface area contributed by atoms with Crippen LogP contribution in [-0.4, -0.2) is 9.55 Å². The molecule has 0 aliphatic heterocycles. The van der Waals surface area contributed by atoms with Gasteiger partial charge in [-0.05, 0) is 77.1 Å². The minimum Gasteiger partial charge on any atom is -0.330 e. The van der Waals surface area contributed by atoms with Gasteiger partial charge in [0, 0.05) is 12.1 Å². The maximum Gasteiger partial charge on any atom is 0.178 e. The van der Waals surface area contributed by atoms with Crippen molar-refractivity contribution < 1.29 is 4.39 Å². The zero-order valence-electron chi connectivity index (χ0n) is 10.8. The molecule has 4 unspecified atom stereocenters. The monoisotopic (exact) mass is 352 g/mol. The van der Waals surface area contributed by atoms with E-state index in [0.717, 1.165) is 39.5 Å². The van der Waals surface area contributed by atoms with Crippen LogP contribution in [0.1, 0.15) is 25.3 Å². The summed E-state index contributed by atoms with van der Waals surface area (Å²) in [5.74, 6) is 3.22. The molecular formula is C15H14BrFN2S. The van der Waals surface area contributed by atoms with E-state index in [1.54, 1.807) is 6.07 Å². The molecule has 1 heterocycles. The van der Waals surface area contributed by atoms with Crippen LogP contribution in [0.2, 0.25) is 0 Å². The summed E-state index contributed by atoms with van der Waals surface area (Å²) in [6, 6.07) is 3.96. The molecule has 0 saturated heterocycles. The van der Waals surface area contributed by atoms with Gasteiger partial charge < -0.3 is 9.55 Å². The second-order valence-electron chi connectivity index (χ2n) is 6.56. The van der Waals surface area contributed by atoms with Crippen LogP contribution in [0.25, 0.3) is 11.0 Å². The number of aromatic amines is 1. The number of H-pyrrole nitrogens is 1. The molecule has 1 aromatic carbocycles. The standard InChI is InChI=1S/C15H14BrFN2S/c16-8-4-11-10(5-9(8)17)18-15(20)19(11)14-12-6-1-2-7(3-6)13(12)14/h4-7,12-14H,1-3H2,(H,18,20). The summed E-state index contributed by atoms with van der Waals surface area (Å²) in [6.45, 7) is 0. The first kappa shape index (κ1) is 11.9. The molecule has 1 aromatic heterocycles. The van der Waals surface area contributed by atoms with Crippen LogP contribution in [-0.2, 0) is 0 Å². The topological polar surface area (TPSA) is 20.7 Å². The molecule has 3 aliphatic carbocycles. The van der Waals surface area contributed by atoms with E-state index in [1.807, 2.05) is 6.07 Å². The van der Waals surface area contributed by atoms with Crippen molar-refractivity contribution in [3.63, 3.8) is 0 Å². The first-order valence-electron chi connectivity index (χ1n) is 7.24. The molecule has 2 nitrogen and oxygen atoms in total. The smallest absolute Gasteiger partial charge is 0.178 e. The van der Waals surface area contributed by atoms with Gasteiger partial charge in [0.25, 0.3) is 0 Å². The van der Waals surface area contributed by atoms with Gasteiger partial charge in [-0.3, -0.25) is 0 Å². The lowest BCUT2D eigenvalue weighted by Crippen LogP contribution is -2.05. The Balaban J connectivity index is 1.69. The van der Waals surface area contributed by atoms with Gasteiger partial charge in [0.2, 0.25) is 0 Å². The van der Waals surface area contributed by atoms with Crippen molar-refractivity contribution in [2.24, 2.45) is 23.7 Å². The fraction of sp³-hybridized carbons (Fsp3) is 0.533. The van der Waals surface area contributed by atoms with E-state index in [0.29, 0.717) is 10.5 Å². The summed E-state index contributed by atoms with van der Waals surface area (Å²) < 4.78 is 17.2. The first-order valence-corrected chi connectivity index (χ1v) is 8.44. The van der Waals surface area contributed by atoms with Gasteiger partial charge in [0.15, 0.2) is 4.77 Å². The van der Waals surface area contributed by atoms with Gasteiger partial charge in [-0.25, -0.2) is 4.39 Å². The summed E-state index contributed by atoms with van der Waals surface area (Å²) in [7, 11) is 0. The van der Waals surface area contributed by atoms with Crippen LogP contribution in [0.4, 0.5) is 4.39 Å². The van der Waals surface area contributed by atoms with Crippen LogP contribution in [0.15, 0.2) is 16.6 Å². The van der Waals surface area contributed by atoms with Crippen molar-refractivity contribution in [3.05, 3.63) is 27.2 Å². The molecule has 0 spiro atoms. The second-order valence-corrected chi connectivity index (χ2v) is 7.80. The predicted octanol–water partition coefficient (Wildman–Crippen LogP) is 4.82. The largest absolute Gasteiger partial charge is 0.330 e. The lowest BCUT2D eigenvalue weighted by atomic mass is 10.0. The molecule has 2 bridgehead atoms. The molecule has 3 saturated carbocycles. The third-order valence-corrected chi connectivity index (χ3v) is 6.66. The molecule has 5 rings (SSSR count). The van der Waals surface area contributed by atoms with E-state index in [-0.39, 0.29) is 5.82 Å². The average molecular weight is 353 g/mol. The highest BCUT2D eigenvalue weighted by Gasteiger charge is 2.66. The molecule has 4 atom stereocenters. The summed E-state index contributed by atoms with van der Waals surface area (Å²) in [6.07, 6.45) is 4.23. The van der Waals surface area contributed by atoms with Crippen molar-refractivity contribution in [1.82, 2.24) is 9.55 Å². The maximum atomic E-state index is 13.7. The van der Waals surface area contributed by atoms with Crippen LogP contribution in [0.5, 0.6) is 0 Å². The van der Waals surface area contributed by atoms with Crippen molar-refractivity contribution in [3.8, 4) is 0 Å². The van der Waals surface area contributed by atoms with Crippen molar-refractivity contribution in [1.29, 1.82) is 0 Å². The molecule has 2 aromatic rings. The third-order valence-electron chi connectivity index (χ3n) is 5.75. The zero-order valence-corrected chi connectivity index (χ0v) is 13.2. The predicted molar refractivity (Wildman–Crippen MR) is 81.6 cm³/mol. The molecule has 0 amide bonds. The van der Waals surface area contributed by atoms with Crippen LogP contribution < -0.4 is 0 Å².